The standard InChI is InChI=1S/C20H33N5O/c1-5-11-21-20(22-13-19(26)24(3)4)23-18-12-16(2)25(15-18)14-17-9-7-6-8-10-17/h6-10,16,18H,5,11-15H2,1-4H3,(H2,21,22,23). The molecule has 0 bridgehead atoms. The Morgan fingerprint density at radius 3 is 2.69 bits per heavy atom. The van der Waals surface area contributed by atoms with Crippen molar-refractivity contribution < 1.29 is 4.79 Å². The van der Waals surface area contributed by atoms with Crippen LogP contribution in [0, 0.1) is 0 Å². The van der Waals surface area contributed by atoms with Crippen LogP contribution in [0.3, 0.4) is 0 Å². The number of likely N-dealkylation sites (tertiary alicyclic amines) is 1. The molecule has 1 aromatic rings. The number of guanidine groups is 1. The molecule has 1 aromatic carbocycles. The number of nitrogens with one attached hydrogen (secondary N) is 2. The maximum atomic E-state index is 11.8. The first-order chi connectivity index (χ1) is 12.5. The first kappa shape index (κ1) is 20.2. The van der Waals surface area contributed by atoms with Crippen LogP contribution in [-0.4, -0.2) is 67.5 Å². The second kappa shape index (κ2) is 10.2. The molecule has 2 N–H and O–H groups in total. The first-order valence-corrected chi connectivity index (χ1v) is 9.52. The number of carbonyl (C=O) groups excluding carboxylic acids is 1. The number of nitrogens with zero attached hydrogens (tertiary/aromatic N) is 3. The van der Waals surface area contributed by atoms with Crippen molar-refractivity contribution in [2.45, 2.75) is 45.3 Å². The van der Waals surface area contributed by atoms with Crippen molar-refractivity contribution >= 4 is 11.9 Å². The predicted molar refractivity (Wildman–Crippen MR) is 107 cm³/mol. The molecule has 0 radical (unpaired) electrons. The summed E-state index contributed by atoms with van der Waals surface area (Å²) in [4.78, 5) is 20.4. The highest BCUT2D eigenvalue weighted by molar-refractivity contribution is 5.84. The molecule has 2 rings (SSSR count). The highest BCUT2D eigenvalue weighted by Crippen LogP contribution is 2.20. The van der Waals surface area contributed by atoms with Crippen LogP contribution in [0.2, 0.25) is 0 Å². The Morgan fingerprint density at radius 2 is 2.04 bits per heavy atom. The lowest BCUT2D eigenvalue weighted by molar-refractivity contribution is -0.127. The Labute approximate surface area is 157 Å². The van der Waals surface area contributed by atoms with Crippen molar-refractivity contribution in [3.63, 3.8) is 0 Å². The number of amides is 1. The Hall–Kier alpha value is -2.08. The van der Waals surface area contributed by atoms with Crippen molar-refractivity contribution in [3.05, 3.63) is 35.9 Å². The van der Waals surface area contributed by atoms with E-state index in [-0.39, 0.29) is 12.5 Å². The van der Waals surface area contributed by atoms with Crippen molar-refractivity contribution in [1.29, 1.82) is 0 Å². The molecular formula is C20H33N5O. The van der Waals surface area contributed by atoms with Gasteiger partial charge in [0.1, 0.15) is 6.54 Å². The Balaban J connectivity index is 1.93. The van der Waals surface area contributed by atoms with Crippen LogP contribution in [0.25, 0.3) is 0 Å². The van der Waals surface area contributed by atoms with Gasteiger partial charge in [0.15, 0.2) is 5.96 Å². The number of hydrogen-bond acceptors (Lipinski definition) is 3. The molecule has 2 atom stereocenters. The zero-order chi connectivity index (χ0) is 18.9. The van der Waals surface area contributed by atoms with Crippen molar-refractivity contribution in [2.24, 2.45) is 4.99 Å². The largest absolute Gasteiger partial charge is 0.356 e. The molecule has 0 spiro atoms. The van der Waals surface area contributed by atoms with Gasteiger partial charge in [0.05, 0.1) is 0 Å². The smallest absolute Gasteiger partial charge is 0.243 e. The Morgan fingerprint density at radius 1 is 1.31 bits per heavy atom. The van der Waals surface area contributed by atoms with Crippen molar-refractivity contribution in [2.75, 3.05) is 33.7 Å². The number of likely N-dealkylation sites (N-methyl/N-ethyl adjacent to an activating group) is 1. The van der Waals surface area contributed by atoms with Crippen LogP contribution in [-0.2, 0) is 11.3 Å². The maximum Gasteiger partial charge on any atom is 0.243 e. The molecule has 1 aliphatic heterocycles. The first-order valence-electron chi connectivity index (χ1n) is 9.52. The lowest BCUT2D eigenvalue weighted by Crippen LogP contribution is -2.45. The van der Waals surface area contributed by atoms with Gasteiger partial charge >= 0.3 is 0 Å². The van der Waals surface area contributed by atoms with Crippen LogP contribution >= 0.6 is 0 Å². The molecule has 0 aromatic heterocycles. The summed E-state index contributed by atoms with van der Waals surface area (Å²) >= 11 is 0. The van der Waals surface area contributed by atoms with E-state index in [1.807, 2.05) is 0 Å². The van der Waals surface area contributed by atoms with Gasteiger partial charge in [-0.1, -0.05) is 37.3 Å². The third kappa shape index (κ3) is 6.33. The number of carbonyl (C=O) groups is 1. The number of aliphatic imine (C=N–C) groups is 1. The van der Waals surface area contributed by atoms with Gasteiger partial charge in [0, 0.05) is 45.8 Å². The van der Waals surface area contributed by atoms with Gasteiger partial charge in [-0.15, -0.1) is 0 Å². The summed E-state index contributed by atoms with van der Waals surface area (Å²) in [6, 6.07) is 11.4. The summed E-state index contributed by atoms with van der Waals surface area (Å²) in [6.45, 7) is 7.35. The number of rotatable bonds is 7. The quantitative estimate of drug-likeness (QED) is 0.574. The molecule has 1 saturated heterocycles. The zero-order valence-corrected chi connectivity index (χ0v) is 16.5. The van der Waals surface area contributed by atoms with E-state index < -0.39 is 0 Å². The monoisotopic (exact) mass is 359 g/mol. The van der Waals surface area contributed by atoms with Gasteiger partial charge in [-0.3, -0.25) is 9.69 Å². The van der Waals surface area contributed by atoms with Gasteiger partial charge in [0.25, 0.3) is 0 Å². The fourth-order valence-electron chi connectivity index (χ4n) is 3.12. The van der Waals surface area contributed by atoms with Crippen molar-refractivity contribution in [1.82, 2.24) is 20.4 Å². The second-order valence-electron chi connectivity index (χ2n) is 7.22. The Bertz CT molecular complexity index is 587. The molecule has 0 aliphatic carbocycles. The van der Waals surface area contributed by atoms with Crippen LogP contribution in [0.15, 0.2) is 35.3 Å². The normalized spacial score (nSPS) is 20.8. The minimum absolute atomic E-state index is 0.00749. The SMILES string of the molecule is CCCNC(=NCC(=O)N(C)C)NC1CC(C)N(Cc2ccccc2)C1. The molecule has 2 unspecified atom stereocenters. The van der Waals surface area contributed by atoms with Crippen LogP contribution in [0.1, 0.15) is 32.3 Å². The van der Waals surface area contributed by atoms with E-state index in [1.165, 1.54) is 5.56 Å². The predicted octanol–water partition coefficient (Wildman–Crippen LogP) is 1.68. The summed E-state index contributed by atoms with van der Waals surface area (Å²) in [5.74, 6) is 0.744. The maximum absolute atomic E-state index is 11.8. The molecule has 26 heavy (non-hydrogen) atoms. The molecule has 1 amide bonds. The highest BCUT2D eigenvalue weighted by Gasteiger charge is 2.29. The summed E-state index contributed by atoms with van der Waals surface area (Å²) in [7, 11) is 3.51. The van der Waals surface area contributed by atoms with E-state index >= 15 is 0 Å². The van der Waals surface area contributed by atoms with Gasteiger partial charge in [-0.25, -0.2) is 4.99 Å². The van der Waals surface area contributed by atoms with Gasteiger partial charge < -0.3 is 15.5 Å². The summed E-state index contributed by atoms with van der Waals surface area (Å²) in [5, 5.41) is 6.84. The summed E-state index contributed by atoms with van der Waals surface area (Å²) in [5.41, 5.74) is 1.34. The molecule has 0 saturated carbocycles. The molecule has 144 valence electrons. The van der Waals surface area contributed by atoms with Crippen molar-refractivity contribution in [3.8, 4) is 0 Å². The topological polar surface area (TPSA) is 60.0 Å². The molecule has 1 aliphatic rings. The van der Waals surface area contributed by atoms with Crippen LogP contribution < -0.4 is 10.6 Å². The molecule has 1 fully saturated rings. The van der Waals surface area contributed by atoms with Gasteiger partial charge in [-0.2, -0.15) is 0 Å². The van der Waals surface area contributed by atoms with E-state index in [1.54, 1.807) is 19.0 Å². The lowest BCUT2D eigenvalue weighted by Gasteiger charge is -2.21. The number of benzene rings is 1. The van der Waals surface area contributed by atoms with Crippen LogP contribution in [0.5, 0.6) is 0 Å². The van der Waals surface area contributed by atoms with E-state index in [0.717, 1.165) is 38.4 Å². The Kier molecular flexibility index (Phi) is 7.91. The van der Waals surface area contributed by atoms with Crippen LogP contribution in [0.4, 0.5) is 0 Å². The molecular weight excluding hydrogens is 326 g/mol. The van der Waals surface area contributed by atoms with E-state index in [9.17, 15) is 4.79 Å². The molecule has 1 heterocycles. The van der Waals surface area contributed by atoms with E-state index in [0.29, 0.717) is 12.1 Å². The molecule has 6 heteroatoms. The summed E-state index contributed by atoms with van der Waals surface area (Å²) < 4.78 is 0. The lowest BCUT2D eigenvalue weighted by atomic mass is 10.2. The zero-order valence-electron chi connectivity index (χ0n) is 16.5. The number of hydrogen-bond donors (Lipinski definition) is 2. The fraction of sp³-hybridized carbons (Fsp3) is 0.600. The highest BCUT2D eigenvalue weighted by atomic mass is 16.2. The third-order valence-electron chi connectivity index (χ3n) is 4.69. The average Bonchev–Trinajstić information content (AvgIpc) is 2.96. The minimum atomic E-state index is 0.00749. The van der Waals surface area contributed by atoms with Gasteiger partial charge in [0.2, 0.25) is 5.91 Å². The van der Waals surface area contributed by atoms with Gasteiger partial charge in [-0.05, 0) is 25.3 Å². The fourth-order valence-corrected chi connectivity index (χ4v) is 3.12. The molecule has 6 nitrogen and oxygen atoms in total. The third-order valence-corrected chi connectivity index (χ3v) is 4.69. The second-order valence-corrected chi connectivity index (χ2v) is 7.22. The average molecular weight is 360 g/mol. The van der Waals surface area contributed by atoms with E-state index in [4.69, 9.17) is 0 Å². The van der Waals surface area contributed by atoms with E-state index in [2.05, 4.69) is 64.7 Å². The summed E-state index contributed by atoms with van der Waals surface area (Å²) in [6.07, 6.45) is 2.09. The minimum Gasteiger partial charge on any atom is -0.356 e.